The summed E-state index contributed by atoms with van der Waals surface area (Å²) in [7, 11) is 1.78. The maximum absolute atomic E-state index is 11.8. The Kier molecular flexibility index (Phi) is 4.44. The van der Waals surface area contributed by atoms with Crippen LogP contribution in [0.4, 0.5) is 4.79 Å². The smallest absolute Gasteiger partial charge is 0.315 e. The summed E-state index contributed by atoms with van der Waals surface area (Å²) in [5.74, 6) is -0.197. The monoisotopic (exact) mass is 295 g/mol. The van der Waals surface area contributed by atoms with Gasteiger partial charge in [-0.1, -0.05) is 6.42 Å². The largest absolute Gasteiger partial charge is 0.481 e. The summed E-state index contributed by atoms with van der Waals surface area (Å²) in [6.07, 6.45) is 4.23. The van der Waals surface area contributed by atoms with Gasteiger partial charge in [0.05, 0.1) is 5.41 Å². The van der Waals surface area contributed by atoms with Crippen LogP contribution in [0.3, 0.4) is 0 Å². The van der Waals surface area contributed by atoms with Gasteiger partial charge in [0.1, 0.15) is 6.33 Å². The number of carboxylic acid groups (broad SMARTS) is 1. The van der Waals surface area contributed by atoms with E-state index in [4.69, 9.17) is 0 Å². The molecule has 0 saturated heterocycles. The normalized spacial score (nSPS) is 24.8. The highest BCUT2D eigenvalue weighted by atomic mass is 16.4. The standard InChI is InChI=1S/C13H21N5O3/c1-13(11(19)20)6-3-4-9(13)16-12(21)14-7-5-10-15-8-18(2)17-10/h8-9H,3-7H2,1-2H3,(H,19,20)(H2,14,16,21). The average molecular weight is 295 g/mol. The molecule has 0 spiro atoms. The number of aryl methyl sites for hydroxylation is 1. The Labute approximate surface area is 122 Å². The van der Waals surface area contributed by atoms with Gasteiger partial charge >= 0.3 is 12.0 Å². The highest BCUT2D eigenvalue weighted by Crippen LogP contribution is 2.38. The number of urea groups is 1. The molecule has 0 bridgehead atoms. The predicted molar refractivity (Wildman–Crippen MR) is 74.6 cm³/mol. The SMILES string of the molecule is Cn1cnc(CCNC(=O)NC2CCCC2(C)C(=O)O)n1. The minimum atomic E-state index is -0.875. The topological polar surface area (TPSA) is 109 Å². The highest BCUT2D eigenvalue weighted by molar-refractivity contribution is 5.79. The lowest BCUT2D eigenvalue weighted by atomic mass is 9.85. The molecule has 2 atom stereocenters. The van der Waals surface area contributed by atoms with Crippen LogP contribution in [-0.4, -0.2) is 44.5 Å². The molecule has 1 fully saturated rings. The van der Waals surface area contributed by atoms with Crippen LogP contribution in [0.2, 0.25) is 0 Å². The number of nitrogens with zero attached hydrogens (tertiary/aromatic N) is 3. The molecule has 0 radical (unpaired) electrons. The van der Waals surface area contributed by atoms with Crippen LogP contribution in [0, 0.1) is 5.41 Å². The number of nitrogens with one attached hydrogen (secondary N) is 2. The van der Waals surface area contributed by atoms with Crippen molar-refractivity contribution in [1.82, 2.24) is 25.4 Å². The summed E-state index contributed by atoms with van der Waals surface area (Å²) >= 11 is 0. The number of aliphatic carboxylic acids is 1. The van der Waals surface area contributed by atoms with Crippen molar-refractivity contribution in [2.45, 2.75) is 38.6 Å². The maximum Gasteiger partial charge on any atom is 0.315 e. The molecule has 1 aliphatic carbocycles. The quantitative estimate of drug-likeness (QED) is 0.724. The fourth-order valence-electron chi connectivity index (χ4n) is 2.65. The van der Waals surface area contributed by atoms with Gasteiger partial charge in [0.2, 0.25) is 0 Å². The van der Waals surface area contributed by atoms with Gasteiger partial charge in [0, 0.05) is 26.1 Å². The first kappa shape index (κ1) is 15.3. The lowest BCUT2D eigenvalue weighted by Crippen LogP contribution is -2.50. The molecule has 2 rings (SSSR count). The van der Waals surface area contributed by atoms with Crippen LogP contribution >= 0.6 is 0 Å². The molecule has 1 saturated carbocycles. The van der Waals surface area contributed by atoms with Gasteiger partial charge in [-0.15, -0.1) is 0 Å². The molecular weight excluding hydrogens is 274 g/mol. The van der Waals surface area contributed by atoms with Gasteiger partial charge < -0.3 is 15.7 Å². The lowest BCUT2D eigenvalue weighted by Gasteiger charge is -2.27. The lowest BCUT2D eigenvalue weighted by molar-refractivity contribution is -0.148. The second-order valence-corrected chi connectivity index (χ2v) is 5.65. The van der Waals surface area contributed by atoms with E-state index in [-0.39, 0.29) is 12.1 Å². The van der Waals surface area contributed by atoms with Crippen molar-refractivity contribution in [3.05, 3.63) is 12.2 Å². The third kappa shape index (κ3) is 3.50. The predicted octanol–water partition coefficient (Wildman–Crippen LogP) is 0.300. The van der Waals surface area contributed by atoms with Crippen molar-refractivity contribution >= 4 is 12.0 Å². The van der Waals surface area contributed by atoms with Crippen molar-refractivity contribution in [2.24, 2.45) is 12.5 Å². The van der Waals surface area contributed by atoms with E-state index in [9.17, 15) is 14.7 Å². The van der Waals surface area contributed by atoms with E-state index in [1.165, 1.54) is 0 Å². The molecule has 116 valence electrons. The average Bonchev–Trinajstić information content (AvgIpc) is 2.98. The zero-order valence-corrected chi connectivity index (χ0v) is 12.3. The van der Waals surface area contributed by atoms with E-state index >= 15 is 0 Å². The summed E-state index contributed by atoms with van der Waals surface area (Å²) in [6.45, 7) is 2.09. The Hall–Kier alpha value is -2.12. The molecule has 0 aromatic carbocycles. The molecule has 1 aromatic rings. The molecule has 8 nitrogen and oxygen atoms in total. The zero-order valence-electron chi connectivity index (χ0n) is 12.3. The molecule has 2 unspecified atom stereocenters. The van der Waals surface area contributed by atoms with Crippen molar-refractivity contribution in [3.8, 4) is 0 Å². The van der Waals surface area contributed by atoms with Crippen molar-refractivity contribution in [1.29, 1.82) is 0 Å². The first-order valence-corrected chi connectivity index (χ1v) is 7.04. The highest BCUT2D eigenvalue weighted by Gasteiger charge is 2.45. The minimum absolute atomic E-state index is 0.331. The molecular formula is C13H21N5O3. The molecule has 2 amide bonds. The van der Waals surface area contributed by atoms with Gasteiger partial charge in [-0.3, -0.25) is 9.48 Å². The van der Waals surface area contributed by atoms with E-state index in [2.05, 4.69) is 20.7 Å². The zero-order chi connectivity index (χ0) is 15.5. The number of carbonyl (C=O) groups excluding carboxylic acids is 1. The molecule has 8 heteroatoms. The van der Waals surface area contributed by atoms with E-state index in [1.807, 2.05) is 0 Å². The van der Waals surface area contributed by atoms with E-state index in [0.29, 0.717) is 31.6 Å². The number of rotatable bonds is 5. The van der Waals surface area contributed by atoms with E-state index < -0.39 is 11.4 Å². The van der Waals surface area contributed by atoms with E-state index in [1.54, 1.807) is 25.0 Å². The van der Waals surface area contributed by atoms with E-state index in [0.717, 1.165) is 6.42 Å². The van der Waals surface area contributed by atoms with Gasteiger partial charge in [-0.2, -0.15) is 5.10 Å². The number of carboxylic acids is 1. The molecule has 21 heavy (non-hydrogen) atoms. The molecule has 0 aliphatic heterocycles. The fourth-order valence-corrected chi connectivity index (χ4v) is 2.65. The summed E-state index contributed by atoms with van der Waals surface area (Å²) < 4.78 is 1.60. The minimum Gasteiger partial charge on any atom is -0.481 e. The second kappa shape index (κ2) is 6.11. The van der Waals surface area contributed by atoms with Crippen LogP contribution in [0.5, 0.6) is 0 Å². The van der Waals surface area contributed by atoms with Crippen LogP contribution in [0.15, 0.2) is 6.33 Å². The third-order valence-corrected chi connectivity index (χ3v) is 4.03. The molecule has 1 heterocycles. The van der Waals surface area contributed by atoms with Crippen LogP contribution in [0.25, 0.3) is 0 Å². The molecule has 1 aliphatic rings. The van der Waals surface area contributed by atoms with Crippen LogP contribution in [0.1, 0.15) is 32.0 Å². The number of hydrogen-bond donors (Lipinski definition) is 3. The van der Waals surface area contributed by atoms with Crippen LogP contribution < -0.4 is 10.6 Å². The first-order valence-electron chi connectivity index (χ1n) is 7.04. The number of amides is 2. The summed E-state index contributed by atoms with van der Waals surface area (Å²) in [5, 5.41) is 18.9. The Morgan fingerprint density at radius 1 is 1.57 bits per heavy atom. The summed E-state index contributed by atoms with van der Waals surface area (Å²) in [5.41, 5.74) is -0.875. The number of hydrogen-bond acceptors (Lipinski definition) is 4. The summed E-state index contributed by atoms with van der Waals surface area (Å²) in [6, 6.07) is -0.673. The van der Waals surface area contributed by atoms with Crippen molar-refractivity contribution in [3.63, 3.8) is 0 Å². The van der Waals surface area contributed by atoms with Gasteiger partial charge in [-0.25, -0.2) is 9.78 Å². The van der Waals surface area contributed by atoms with Crippen molar-refractivity contribution in [2.75, 3.05) is 6.54 Å². The van der Waals surface area contributed by atoms with Gasteiger partial charge in [0.25, 0.3) is 0 Å². The first-order chi connectivity index (χ1) is 9.91. The molecule has 1 aromatic heterocycles. The third-order valence-electron chi connectivity index (χ3n) is 4.03. The number of carbonyl (C=O) groups is 2. The fraction of sp³-hybridized carbons (Fsp3) is 0.692. The van der Waals surface area contributed by atoms with Crippen molar-refractivity contribution < 1.29 is 14.7 Å². The second-order valence-electron chi connectivity index (χ2n) is 5.65. The Balaban J connectivity index is 1.78. The Bertz CT molecular complexity index is 530. The maximum atomic E-state index is 11.8. The number of aromatic nitrogens is 3. The van der Waals surface area contributed by atoms with Gasteiger partial charge in [-0.05, 0) is 19.8 Å². The Morgan fingerprint density at radius 2 is 2.33 bits per heavy atom. The summed E-state index contributed by atoms with van der Waals surface area (Å²) in [4.78, 5) is 27.2. The molecule has 3 N–H and O–H groups in total. The van der Waals surface area contributed by atoms with Crippen LogP contribution in [-0.2, 0) is 18.3 Å². The van der Waals surface area contributed by atoms with Gasteiger partial charge in [0.15, 0.2) is 5.82 Å². The Morgan fingerprint density at radius 3 is 2.95 bits per heavy atom.